The summed E-state index contributed by atoms with van der Waals surface area (Å²) in [4.78, 5) is 2.67. The lowest BCUT2D eigenvalue weighted by molar-refractivity contribution is 0.121. The molecule has 1 heterocycles. The summed E-state index contributed by atoms with van der Waals surface area (Å²) >= 11 is 6.29. The SMILES string of the molecule is CC1CC(N)CCN1CC(c1cccc(Cl)c1)C1CCCCC1. The quantitative estimate of drug-likeness (QED) is 0.855. The van der Waals surface area contributed by atoms with Gasteiger partial charge < -0.3 is 5.73 Å². The van der Waals surface area contributed by atoms with Gasteiger partial charge in [-0.1, -0.05) is 43.0 Å². The summed E-state index contributed by atoms with van der Waals surface area (Å²) in [6, 6.07) is 9.57. The lowest BCUT2D eigenvalue weighted by atomic mass is 9.76. The standard InChI is InChI=1S/C20H31ClN2/c1-15-12-19(22)10-11-23(15)14-20(16-6-3-2-4-7-16)17-8-5-9-18(21)13-17/h5,8-9,13,15-16,19-20H,2-4,6-7,10-12,14,22H2,1H3. The summed E-state index contributed by atoms with van der Waals surface area (Å²) < 4.78 is 0. The Kier molecular flexibility index (Phi) is 6.01. The predicted octanol–water partition coefficient (Wildman–Crippen LogP) is 4.82. The molecule has 1 aromatic rings. The number of nitrogens with zero attached hydrogens (tertiary/aromatic N) is 1. The van der Waals surface area contributed by atoms with Crippen LogP contribution in [0, 0.1) is 5.92 Å². The Morgan fingerprint density at radius 1 is 1.22 bits per heavy atom. The van der Waals surface area contributed by atoms with E-state index in [0.29, 0.717) is 18.0 Å². The van der Waals surface area contributed by atoms with Gasteiger partial charge in [0.15, 0.2) is 0 Å². The molecule has 2 aliphatic rings. The van der Waals surface area contributed by atoms with E-state index in [1.807, 2.05) is 6.07 Å². The molecular formula is C20H31ClN2. The smallest absolute Gasteiger partial charge is 0.0408 e. The molecule has 1 saturated heterocycles. The van der Waals surface area contributed by atoms with Crippen LogP contribution in [0.2, 0.25) is 5.02 Å². The first-order chi connectivity index (χ1) is 11.1. The Morgan fingerprint density at radius 2 is 2.00 bits per heavy atom. The number of likely N-dealkylation sites (tertiary alicyclic amines) is 1. The number of nitrogens with two attached hydrogens (primary N) is 1. The van der Waals surface area contributed by atoms with Crippen molar-refractivity contribution in [3.63, 3.8) is 0 Å². The Bertz CT molecular complexity index is 498. The molecule has 1 aromatic carbocycles. The molecule has 0 aromatic heterocycles. The van der Waals surface area contributed by atoms with E-state index in [9.17, 15) is 0 Å². The van der Waals surface area contributed by atoms with E-state index in [1.165, 1.54) is 44.2 Å². The molecule has 3 rings (SSSR count). The molecule has 2 N–H and O–H groups in total. The van der Waals surface area contributed by atoms with Crippen LogP contribution in [0.3, 0.4) is 0 Å². The van der Waals surface area contributed by atoms with Crippen molar-refractivity contribution in [3.05, 3.63) is 34.9 Å². The highest BCUT2D eigenvalue weighted by atomic mass is 35.5. The fourth-order valence-electron chi connectivity index (χ4n) is 4.58. The van der Waals surface area contributed by atoms with Crippen molar-refractivity contribution in [2.24, 2.45) is 11.7 Å². The van der Waals surface area contributed by atoms with Crippen LogP contribution in [-0.4, -0.2) is 30.1 Å². The molecule has 23 heavy (non-hydrogen) atoms. The second-order valence-corrected chi connectivity index (χ2v) is 8.12. The molecule has 2 nitrogen and oxygen atoms in total. The van der Waals surface area contributed by atoms with Gasteiger partial charge in [0.25, 0.3) is 0 Å². The number of hydrogen-bond acceptors (Lipinski definition) is 2. The summed E-state index contributed by atoms with van der Waals surface area (Å²) in [5.41, 5.74) is 7.58. The van der Waals surface area contributed by atoms with Crippen LogP contribution >= 0.6 is 11.6 Å². The van der Waals surface area contributed by atoms with Gasteiger partial charge in [0, 0.05) is 23.7 Å². The van der Waals surface area contributed by atoms with Gasteiger partial charge >= 0.3 is 0 Å². The van der Waals surface area contributed by atoms with E-state index in [4.69, 9.17) is 17.3 Å². The number of rotatable bonds is 4. The Morgan fingerprint density at radius 3 is 2.70 bits per heavy atom. The molecule has 0 radical (unpaired) electrons. The summed E-state index contributed by atoms with van der Waals surface area (Å²) in [5, 5.41) is 0.872. The van der Waals surface area contributed by atoms with Crippen molar-refractivity contribution in [1.82, 2.24) is 4.90 Å². The average molecular weight is 335 g/mol. The van der Waals surface area contributed by atoms with Gasteiger partial charge in [-0.05, 0) is 68.7 Å². The summed E-state index contributed by atoms with van der Waals surface area (Å²) in [7, 11) is 0. The van der Waals surface area contributed by atoms with Crippen LogP contribution in [0.5, 0.6) is 0 Å². The van der Waals surface area contributed by atoms with Crippen molar-refractivity contribution >= 4 is 11.6 Å². The first kappa shape index (κ1) is 17.3. The van der Waals surface area contributed by atoms with Gasteiger partial charge in [0.2, 0.25) is 0 Å². The number of halogens is 1. The van der Waals surface area contributed by atoms with Crippen LogP contribution in [0.4, 0.5) is 0 Å². The summed E-state index contributed by atoms with van der Waals surface area (Å²) in [5.74, 6) is 1.43. The van der Waals surface area contributed by atoms with Crippen molar-refractivity contribution in [1.29, 1.82) is 0 Å². The van der Waals surface area contributed by atoms with Crippen molar-refractivity contribution in [2.75, 3.05) is 13.1 Å². The predicted molar refractivity (Wildman–Crippen MR) is 99.0 cm³/mol. The van der Waals surface area contributed by atoms with Crippen molar-refractivity contribution < 1.29 is 0 Å². The Hall–Kier alpha value is -0.570. The highest BCUT2D eigenvalue weighted by Gasteiger charge is 2.30. The van der Waals surface area contributed by atoms with Gasteiger partial charge in [-0.3, -0.25) is 4.90 Å². The number of piperidine rings is 1. The zero-order chi connectivity index (χ0) is 16.2. The van der Waals surface area contributed by atoms with E-state index in [-0.39, 0.29) is 0 Å². The third-order valence-corrected chi connectivity index (χ3v) is 6.22. The zero-order valence-electron chi connectivity index (χ0n) is 14.4. The molecule has 0 spiro atoms. The van der Waals surface area contributed by atoms with Gasteiger partial charge in [-0.15, -0.1) is 0 Å². The summed E-state index contributed by atoms with van der Waals surface area (Å²) in [6.07, 6.45) is 9.21. The number of benzene rings is 1. The maximum Gasteiger partial charge on any atom is 0.0408 e. The molecule has 1 aliphatic carbocycles. The van der Waals surface area contributed by atoms with Gasteiger partial charge in [-0.2, -0.15) is 0 Å². The van der Waals surface area contributed by atoms with Crippen molar-refractivity contribution in [3.8, 4) is 0 Å². The van der Waals surface area contributed by atoms with E-state index in [2.05, 4.69) is 30.0 Å². The lowest BCUT2D eigenvalue weighted by Crippen LogP contribution is -2.47. The zero-order valence-corrected chi connectivity index (χ0v) is 15.1. The molecule has 2 fully saturated rings. The van der Waals surface area contributed by atoms with Crippen molar-refractivity contribution in [2.45, 2.75) is 69.9 Å². The Balaban J connectivity index is 1.77. The largest absolute Gasteiger partial charge is 0.328 e. The molecule has 0 bridgehead atoms. The number of hydrogen-bond donors (Lipinski definition) is 1. The minimum Gasteiger partial charge on any atom is -0.328 e. The van der Waals surface area contributed by atoms with E-state index >= 15 is 0 Å². The molecule has 1 saturated carbocycles. The van der Waals surface area contributed by atoms with Crippen LogP contribution < -0.4 is 5.73 Å². The third kappa shape index (κ3) is 4.49. The molecule has 3 atom stereocenters. The third-order valence-electron chi connectivity index (χ3n) is 5.98. The molecule has 1 aliphatic heterocycles. The minimum atomic E-state index is 0.389. The second kappa shape index (κ2) is 8.00. The highest BCUT2D eigenvalue weighted by molar-refractivity contribution is 6.30. The van der Waals surface area contributed by atoms with Gasteiger partial charge in [0.05, 0.1) is 0 Å². The Labute approximate surface area is 146 Å². The molecule has 3 heteroatoms. The molecule has 0 amide bonds. The van der Waals surface area contributed by atoms with Crippen LogP contribution in [-0.2, 0) is 0 Å². The van der Waals surface area contributed by atoms with Crippen LogP contribution in [0.15, 0.2) is 24.3 Å². The maximum absolute atomic E-state index is 6.29. The van der Waals surface area contributed by atoms with Gasteiger partial charge in [0.1, 0.15) is 0 Å². The van der Waals surface area contributed by atoms with E-state index in [1.54, 1.807) is 0 Å². The van der Waals surface area contributed by atoms with Crippen LogP contribution in [0.25, 0.3) is 0 Å². The minimum absolute atomic E-state index is 0.389. The second-order valence-electron chi connectivity index (χ2n) is 7.69. The first-order valence-corrected chi connectivity index (χ1v) is 9.76. The topological polar surface area (TPSA) is 29.3 Å². The molecule has 3 unspecified atom stereocenters. The molecular weight excluding hydrogens is 304 g/mol. The first-order valence-electron chi connectivity index (χ1n) is 9.38. The average Bonchev–Trinajstić information content (AvgIpc) is 2.55. The highest BCUT2D eigenvalue weighted by Crippen LogP contribution is 2.38. The lowest BCUT2D eigenvalue weighted by Gasteiger charge is -2.41. The molecule has 128 valence electrons. The normalized spacial score (nSPS) is 28.7. The monoisotopic (exact) mass is 334 g/mol. The van der Waals surface area contributed by atoms with E-state index in [0.717, 1.165) is 30.3 Å². The van der Waals surface area contributed by atoms with Crippen LogP contribution in [0.1, 0.15) is 63.4 Å². The fraction of sp³-hybridized carbons (Fsp3) is 0.700. The fourth-order valence-corrected chi connectivity index (χ4v) is 4.78. The maximum atomic E-state index is 6.29. The summed E-state index contributed by atoms with van der Waals surface area (Å²) in [6.45, 7) is 4.65. The van der Waals surface area contributed by atoms with E-state index < -0.39 is 0 Å². The van der Waals surface area contributed by atoms with Gasteiger partial charge in [-0.25, -0.2) is 0 Å².